The van der Waals surface area contributed by atoms with Crippen molar-refractivity contribution in [3.05, 3.63) is 132 Å². The Balaban J connectivity index is 1.92. The molecule has 1 atom stereocenters. The molecule has 1 aliphatic heterocycles. The van der Waals surface area contributed by atoms with E-state index in [1.807, 2.05) is 48.5 Å². The van der Waals surface area contributed by atoms with Gasteiger partial charge in [0.05, 0.1) is 13.0 Å². The minimum atomic E-state index is -2.30. The number of nitrogens with zero attached hydrogens (tertiary/aromatic N) is 1. The zero-order valence-electron chi connectivity index (χ0n) is 18.5. The Kier molecular flexibility index (Phi) is 5.74. The van der Waals surface area contributed by atoms with Crippen LogP contribution in [0.4, 0.5) is 0 Å². The zero-order valence-corrected chi connectivity index (χ0v) is 19.4. The van der Waals surface area contributed by atoms with Gasteiger partial charge in [-0.2, -0.15) is 0 Å². The van der Waals surface area contributed by atoms with Crippen LogP contribution in [-0.2, 0) is 15.1 Å². The molecular weight excluding hydrogens is 425 g/mol. The van der Waals surface area contributed by atoms with Gasteiger partial charge in [-0.25, -0.2) is 0 Å². The molecule has 0 fully saturated rings. The van der Waals surface area contributed by atoms with Gasteiger partial charge in [-0.15, -0.1) is 0 Å². The molecule has 0 aliphatic carbocycles. The van der Waals surface area contributed by atoms with Gasteiger partial charge in [0, 0.05) is 13.2 Å². The second kappa shape index (κ2) is 8.84. The van der Waals surface area contributed by atoms with Crippen LogP contribution in [0.5, 0.6) is 0 Å². The zero-order chi connectivity index (χ0) is 22.7. The maximum Gasteiger partial charge on any atom is 0.312 e. The first-order chi connectivity index (χ1) is 16.2. The Hall–Kier alpha value is -3.42. The van der Waals surface area contributed by atoms with Gasteiger partial charge in [0.2, 0.25) is 0 Å². The minimum absolute atomic E-state index is 0.222. The molecule has 0 N–H and O–H groups in total. The third kappa shape index (κ3) is 3.53. The maximum absolute atomic E-state index is 13.5. The summed E-state index contributed by atoms with van der Waals surface area (Å²) >= 11 is 0. The summed E-state index contributed by atoms with van der Waals surface area (Å²) in [6.07, 6.45) is 0.623. The van der Waals surface area contributed by atoms with E-state index in [0.29, 0.717) is 6.16 Å². The van der Waals surface area contributed by atoms with E-state index in [2.05, 4.69) is 72.8 Å². The molecule has 5 rings (SSSR count). The fourth-order valence-electron chi connectivity index (χ4n) is 5.06. The van der Waals surface area contributed by atoms with Crippen molar-refractivity contribution in [2.75, 3.05) is 13.3 Å². The van der Waals surface area contributed by atoms with Gasteiger partial charge in [0.1, 0.15) is 5.54 Å². The summed E-state index contributed by atoms with van der Waals surface area (Å²) in [6, 6.07) is 41.4. The van der Waals surface area contributed by atoms with Crippen molar-refractivity contribution in [3.8, 4) is 0 Å². The molecule has 0 saturated carbocycles. The Morgan fingerprint density at radius 3 is 1.52 bits per heavy atom. The van der Waals surface area contributed by atoms with E-state index in [9.17, 15) is 4.79 Å². The van der Waals surface area contributed by atoms with Crippen molar-refractivity contribution >= 4 is 23.6 Å². The highest BCUT2D eigenvalue weighted by Gasteiger charge is 2.55. The number of ether oxygens (including phenoxy) is 1. The lowest BCUT2D eigenvalue weighted by Crippen LogP contribution is -2.38. The van der Waals surface area contributed by atoms with Crippen LogP contribution in [0.15, 0.2) is 126 Å². The molecular formula is C29H26NO2P. The predicted octanol–water partition coefficient (Wildman–Crippen LogP) is 5.59. The number of benzene rings is 4. The molecule has 1 heterocycles. The van der Waals surface area contributed by atoms with Crippen molar-refractivity contribution in [3.63, 3.8) is 0 Å². The number of carbonyl (C=O) groups is 1. The Labute approximate surface area is 195 Å². The van der Waals surface area contributed by atoms with Gasteiger partial charge in [-0.1, -0.05) is 121 Å². The SMILES string of the molecule is COC(=O)[C@@H]1CP(c2ccccc2)(c2ccccc2)=NC1(c1ccccc1)c1ccccc1. The Morgan fingerprint density at radius 2 is 1.12 bits per heavy atom. The van der Waals surface area contributed by atoms with Crippen LogP contribution < -0.4 is 10.6 Å². The summed E-state index contributed by atoms with van der Waals surface area (Å²) in [5, 5.41) is 2.36. The molecule has 164 valence electrons. The first-order valence-electron chi connectivity index (χ1n) is 11.1. The highest BCUT2D eigenvalue weighted by Crippen LogP contribution is 2.63. The second-order valence-electron chi connectivity index (χ2n) is 8.30. The van der Waals surface area contributed by atoms with E-state index in [4.69, 9.17) is 9.48 Å². The lowest BCUT2D eigenvalue weighted by Gasteiger charge is -2.33. The van der Waals surface area contributed by atoms with Crippen LogP contribution >= 0.6 is 7.05 Å². The molecule has 0 radical (unpaired) electrons. The van der Waals surface area contributed by atoms with Crippen LogP contribution in [0.2, 0.25) is 0 Å². The monoisotopic (exact) mass is 451 g/mol. The van der Waals surface area contributed by atoms with Crippen molar-refractivity contribution in [2.24, 2.45) is 10.7 Å². The number of esters is 1. The average Bonchev–Trinajstić information content (AvgIpc) is 3.29. The summed E-state index contributed by atoms with van der Waals surface area (Å²) in [6.45, 7) is 0. The van der Waals surface area contributed by atoms with Crippen LogP contribution in [0.1, 0.15) is 11.1 Å². The molecule has 0 unspecified atom stereocenters. The van der Waals surface area contributed by atoms with E-state index in [-0.39, 0.29) is 5.97 Å². The number of carbonyl (C=O) groups excluding carboxylic acids is 1. The van der Waals surface area contributed by atoms with Gasteiger partial charge in [-0.05, 0) is 21.7 Å². The van der Waals surface area contributed by atoms with Gasteiger partial charge in [0.25, 0.3) is 0 Å². The van der Waals surface area contributed by atoms with Crippen molar-refractivity contribution < 1.29 is 9.53 Å². The molecule has 0 saturated heterocycles. The van der Waals surface area contributed by atoms with Gasteiger partial charge in [-0.3, -0.25) is 9.54 Å². The molecule has 4 heteroatoms. The first-order valence-corrected chi connectivity index (χ1v) is 13.1. The maximum atomic E-state index is 13.5. The highest BCUT2D eigenvalue weighted by molar-refractivity contribution is 7.81. The van der Waals surface area contributed by atoms with Crippen molar-refractivity contribution in [1.29, 1.82) is 0 Å². The third-order valence-corrected chi connectivity index (χ3v) is 10.4. The van der Waals surface area contributed by atoms with Crippen LogP contribution in [0.25, 0.3) is 0 Å². The van der Waals surface area contributed by atoms with Crippen molar-refractivity contribution in [1.82, 2.24) is 0 Å². The van der Waals surface area contributed by atoms with Crippen LogP contribution in [0.3, 0.4) is 0 Å². The normalized spacial score (nSPS) is 18.3. The van der Waals surface area contributed by atoms with E-state index >= 15 is 0 Å². The summed E-state index contributed by atoms with van der Waals surface area (Å²) < 4.78 is 11.2. The topological polar surface area (TPSA) is 38.7 Å². The molecule has 3 nitrogen and oxygen atoms in total. The van der Waals surface area contributed by atoms with E-state index in [1.54, 1.807) is 0 Å². The lowest BCUT2D eigenvalue weighted by atomic mass is 9.74. The van der Waals surface area contributed by atoms with Crippen LogP contribution in [-0.4, -0.2) is 19.2 Å². The molecule has 4 aromatic carbocycles. The predicted molar refractivity (Wildman–Crippen MR) is 136 cm³/mol. The third-order valence-electron chi connectivity index (χ3n) is 6.56. The summed E-state index contributed by atoms with van der Waals surface area (Å²) in [5.41, 5.74) is 1.19. The molecule has 0 spiro atoms. The lowest BCUT2D eigenvalue weighted by molar-refractivity contribution is -0.146. The number of hydrogen-bond acceptors (Lipinski definition) is 3. The Morgan fingerprint density at radius 1 is 0.727 bits per heavy atom. The molecule has 4 aromatic rings. The van der Waals surface area contributed by atoms with Gasteiger partial charge in [0.15, 0.2) is 0 Å². The van der Waals surface area contributed by atoms with Crippen molar-refractivity contribution in [2.45, 2.75) is 5.54 Å². The summed E-state index contributed by atoms with van der Waals surface area (Å²) in [4.78, 5) is 13.5. The smallest absolute Gasteiger partial charge is 0.312 e. The Bertz CT molecular complexity index is 1210. The van der Waals surface area contributed by atoms with E-state index < -0.39 is 18.5 Å². The molecule has 0 bridgehead atoms. The number of hydrogen-bond donors (Lipinski definition) is 0. The first kappa shape index (κ1) is 21.4. The van der Waals surface area contributed by atoms with E-state index in [1.165, 1.54) is 17.7 Å². The fraction of sp³-hybridized carbons (Fsp3) is 0.138. The van der Waals surface area contributed by atoms with E-state index in [0.717, 1.165) is 11.1 Å². The minimum Gasteiger partial charge on any atom is -0.469 e. The standard InChI is InChI=1S/C29H26NO2P/c1-32-28(31)27-22-33(25-18-10-4-11-19-25,26-20-12-5-13-21-26)30-29(27,23-14-6-2-7-15-23)24-16-8-3-9-17-24/h2-21,27H,22H2,1H3/t27-/m0/s1. The summed E-state index contributed by atoms with van der Waals surface area (Å²) in [5.74, 6) is -0.666. The van der Waals surface area contributed by atoms with Gasteiger partial charge >= 0.3 is 5.97 Å². The quantitative estimate of drug-likeness (QED) is 0.293. The summed E-state index contributed by atoms with van der Waals surface area (Å²) in [7, 11) is -0.824. The van der Waals surface area contributed by atoms with Crippen LogP contribution in [0, 0.1) is 5.92 Å². The largest absolute Gasteiger partial charge is 0.469 e. The van der Waals surface area contributed by atoms with Gasteiger partial charge < -0.3 is 4.74 Å². The second-order valence-corrected chi connectivity index (χ2v) is 11.4. The molecule has 33 heavy (non-hydrogen) atoms. The average molecular weight is 452 g/mol. The molecule has 1 aliphatic rings. The fourth-order valence-corrected chi connectivity index (χ4v) is 9.27. The molecule has 0 amide bonds. The highest BCUT2D eigenvalue weighted by atomic mass is 31.2. The number of methoxy groups -OCH3 is 1. The molecule has 0 aromatic heterocycles. The number of rotatable bonds is 5.